The lowest BCUT2D eigenvalue weighted by atomic mass is 10.2. The molecule has 0 spiro atoms. The first-order chi connectivity index (χ1) is 10.1. The van der Waals surface area contributed by atoms with E-state index in [1.165, 1.54) is 28.8 Å². The van der Waals surface area contributed by atoms with Gasteiger partial charge in [0.15, 0.2) is 4.32 Å². The third kappa shape index (κ3) is 2.48. The topological polar surface area (TPSA) is 43.8 Å². The summed E-state index contributed by atoms with van der Waals surface area (Å²) in [5.41, 5.74) is 1.49. The van der Waals surface area contributed by atoms with Crippen LogP contribution in [0.4, 0.5) is 5.69 Å². The smallest absolute Gasteiger partial charge is 0.272 e. The van der Waals surface area contributed by atoms with Gasteiger partial charge in [-0.1, -0.05) is 30.1 Å². The Kier molecular flexibility index (Phi) is 3.57. The average Bonchev–Trinajstić information content (AvgIpc) is 2.76. The summed E-state index contributed by atoms with van der Waals surface area (Å²) in [6.45, 7) is 0. The molecule has 21 heavy (non-hydrogen) atoms. The number of anilines is 1. The summed E-state index contributed by atoms with van der Waals surface area (Å²) < 4.78 is 0.490. The highest BCUT2D eigenvalue weighted by atomic mass is 32.2. The maximum absolute atomic E-state index is 12.7. The van der Waals surface area contributed by atoms with Crippen LogP contribution in [0.3, 0.4) is 0 Å². The minimum absolute atomic E-state index is 0.141. The second-order valence-electron chi connectivity index (χ2n) is 4.55. The van der Waals surface area contributed by atoms with Crippen LogP contribution in [0.2, 0.25) is 0 Å². The molecule has 0 radical (unpaired) electrons. The molecule has 0 unspecified atom stereocenters. The molecular weight excluding hydrogens is 304 g/mol. The Hall–Kier alpha value is -2.05. The van der Waals surface area contributed by atoms with E-state index in [9.17, 15) is 9.90 Å². The summed E-state index contributed by atoms with van der Waals surface area (Å²) in [4.78, 5) is 16.6. The van der Waals surface area contributed by atoms with Gasteiger partial charge in [-0.2, -0.15) is 0 Å². The van der Waals surface area contributed by atoms with Gasteiger partial charge < -0.3 is 10.0 Å². The fourth-order valence-corrected chi connectivity index (χ4v) is 3.49. The Bertz CT molecular complexity index is 705. The molecule has 1 aromatic rings. The standard InChI is InChI=1S/C15H12N2O2S2/c1-16-9-3-2-4-12(16)13-14(19)17(15(20)21-13)10-5-7-11(18)8-6-10/h2-9,18H,1H3/b13-12-. The molecule has 4 nitrogen and oxygen atoms in total. The SMILES string of the molecule is CN1C=CC=C/C1=C1/SC(=S)N(c2ccc(O)cc2)C1=O. The van der Waals surface area contributed by atoms with E-state index in [1.54, 1.807) is 12.1 Å². The molecule has 2 heterocycles. The number of carbonyl (C=O) groups excluding carboxylic acids is 1. The first-order valence-corrected chi connectivity index (χ1v) is 7.47. The molecule has 6 heteroatoms. The van der Waals surface area contributed by atoms with Gasteiger partial charge in [-0.05, 0) is 36.4 Å². The van der Waals surface area contributed by atoms with E-state index in [0.717, 1.165) is 5.70 Å². The number of aromatic hydroxyl groups is 1. The number of hydrogen-bond donors (Lipinski definition) is 1. The third-order valence-electron chi connectivity index (χ3n) is 3.16. The number of thiocarbonyl (C=S) groups is 1. The number of amides is 1. The van der Waals surface area contributed by atoms with Crippen LogP contribution in [-0.4, -0.2) is 27.3 Å². The van der Waals surface area contributed by atoms with Crippen molar-refractivity contribution in [3.63, 3.8) is 0 Å². The molecule has 1 N–H and O–H groups in total. The number of rotatable bonds is 1. The van der Waals surface area contributed by atoms with Crippen molar-refractivity contribution in [3.05, 3.63) is 59.3 Å². The zero-order valence-electron chi connectivity index (χ0n) is 11.2. The molecule has 0 saturated carbocycles. The molecule has 2 aliphatic heterocycles. The summed E-state index contributed by atoms with van der Waals surface area (Å²) >= 11 is 6.62. The second-order valence-corrected chi connectivity index (χ2v) is 6.20. The number of phenolic OH excluding ortho intramolecular Hbond substituents is 1. The molecule has 2 aliphatic rings. The van der Waals surface area contributed by atoms with E-state index in [0.29, 0.717) is 14.9 Å². The summed E-state index contributed by atoms with van der Waals surface area (Å²) in [5, 5.41) is 9.35. The quantitative estimate of drug-likeness (QED) is 0.637. The number of likely N-dealkylation sites (N-methyl/N-ethyl adjacent to an activating group) is 1. The Labute approximate surface area is 132 Å². The fourth-order valence-electron chi connectivity index (χ4n) is 2.11. The van der Waals surface area contributed by atoms with Gasteiger partial charge in [0.25, 0.3) is 5.91 Å². The Morgan fingerprint density at radius 1 is 1.19 bits per heavy atom. The van der Waals surface area contributed by atoms with Crippen LogP contribution in [0.1, 0.15) is 0 Å². The Balaban J connectivity index is 2.00. The number of thioether (sulfide) groups is 1. The van der Waals surface area contributed by atoms with E-state index in [4.69, 9.17) is 12.2 Å². The van der Waals surface area contributed by atoms with Gasteiger partial charge >= 0.3 is 0 Å². The highest BCUT2D eigenvalue weighted by molar-refractivity contribution is 8.27. The summed E-state index contributed by atoms with van der Waals surface area (Å²) in [7, 11) is 1.89. The lowest BCUT2D eigenvalue weighted by Gasteiger charge is -2.19. The Morgan fingerprint density at radius 3 is 2.57 bits per heavy atom. The maximum atomic E-state index is 12.7. The van der Waals surface area contributed by atoms with Crippen LogP contribution in [0.25, 0.3) is 0 Å². The van der Waals surface area contributed by atoms with E-state index >= 15 is 0 Å². The predicted molar refractivity (Wildman–Crippen MR) is 88.9 cm³/mol. The lowest BCUT2D eigenvalue weighted by molar-refractivity contribution is -0.113. The van der Waals surface area contributed by atoms with Crippen LogP contribution in [0, 0.1) is 0 Å². The number of allylic oxidation sites excluding steroid dienone is 3. The van der Waals surface area contributed by atoms with Crippen molar-refractivity contribution in [2.75, 3.05) is 11.9 Å². The summed E-state index contributed by atoms with van der Waals surface area (Å²) in [6, 6.07) is 6.43. The molecule has 106 valence electrons. The molecule has 0 aromatic heterocycles. The van der Waals surface area contributed by atoms with Crippen LogP contribution in [0.5, 0.6) is 5.75 Å². The Morgan fingerprint density at radius 2 is 1.90 bits per heavy atom. The van der Waals surface area contributed by atoms with Gasteiger partial charge in [-0.25, -0.2) is 0 Å². The molecule has 1 aromatic carbocycles. The van der Waals surface area contributed by atoms with E-state index in [-0.39, 0.29) is 11.7 Å². The lowest BCUT2D eigenvalue weighted by Crippen LogP contribution is -2.28. The van der Waals surface area contributed by atoms with Crippen molar-refractivity contribution in [1.29, 1.82) is 0 Å². The fraction of sp³-hybridized carbons (Fsp3) is 0.0667. The highest BCUT2D eigenvalue weighted by Crippen LogP contribution is 2.38. The largest absolute Gasteiger partial charge is 0.508 e. The van der Waals surface area contributed by atoms with Gasteiger partial charge in [0.2, 0.25) is 0 Å². The molecule has 0 atom stereocenters. The molecule has 3 rings (SSSR count). The summed E-state index contributed by atoms with van der Waals surface area (Å²) in [6.07, 6.45) is 7.58. The van der Waals surface area contributed by atoms with Crippen molar-refractivity contribution in [1.82, 2.24) is 4.90 Å². The molecule has 1 fully saturated rings. The number of nitrogens with zero attached hydrogens (tertiary/aromatic N) is 2. The van der Waals surface area contributed by atoms with E-state index in [2.05, 4.69) is 0 Å². The minimum atomic E-state index is -0.141. The average molecular weight is 316 g/mol. The van der Waals surface area contributed by atoms with Crippen molar-refractivity contribution >= 4 is 39.9 Å². The van der Waals surface area contributed by atoms with Gasteiger partial charge in [-0.15, -0.1) is 0 Å². The minimum Gasteiger partial charge on any atom is -0.508 e. The molecule has 1 amide bonds. The van der Waals surface area contributed by atoms with Crippen LogP contribution >= 0.6 is 24.0 Å². The van der Waals surface area contributed by atoms with E-state index < -0.39 is 0 Å². The second kappa shape index (κ2) is 5.38. The van der Waals surface area contributed by atoms with Crippen molar-refractivity contribution in [2.24, 2.45) is 0 Å². The van der Waals surface area contributed by atoms with Crippen molar-refractivity contribution < 1.29 is 9.90 Å². The number of benzene rings is 1. The first-order valence-electron chi connectivity index (χ1n) is 6.25. The zero-order valence-corrected chi connectivity index (χ0v) is 12.8. The first kappa shape index (κ1) is 13.9. The van der Waals surface area contributed by atoms with Gasteiger partial charge in [0.05, 0.1) is 11.4 Å². The number of carbonyl (C=O) groups is 1. The van der Waals surface area contributed by atoms with Gasteiger partial charge in [0.1, 0.15) is 10.7 Å². The number of hydrogen-bond acceptors (Lipinski definition) is 5. The molecule has 1 saturated heterocycles. The molecule has 0 bridgehead atoms. The third-order valence-corrected chi connectivity index (χ3v) is 4.54. The number of phenols is 1. The maximum Gasteiger partial charge on any atom is 0.272 e. The van der Waals surface area contributed by atoms with Crippen LogP contribution < -0.4 is 4.90 Å². The molecule has 0 aliphatic carbocycles. The normalized spacial score (nSPS) is 21.6. The van der Waals surface area contributed by atoms with Crippen LogP contribution in [-0.2, 0) is 4.79 Å². The predicted octanol–water partition coefficient (Wildman–Crippen LogP) is 2.98. The van der Waals surface area contributed by atoms with Crippen molar-refractivity contribution in [3.8, 4) is 5.75 Å². The van der Waals surface area contributed by atoms with Crippen LogP contribution in [0.15, 0.2) is 59.3 Å². The summed E-state index contributed by atoms with van der Waals surface area (Å²) in [5.74, 6) is 0.0140. The monoisotopic (exact) mass is 316 g/mol. The van der Waals surface area contributed by atoms with Gasteiger partial charge in [-0.3, -0.25) is 9.69 Å². The van der Waals surface area contributed by atoms with Crippen molar-refractivity contribution in [2.45, 2.75) is 0 Å². The van der Waals surface area contributed by atoms with E-state index in [1.807, 2.05) is 36.4 Å². The highest BCUT2D eigenvalue weighted by Gasteiger charge is 2.35. The van der Waals surface area contributed by atoms with Gasteiger partial charge in [0, 0.05) is 13.2 Å². The molecular formula is C15H12N2O2S2. The zero-order chi connectivity index (χ0) is 15.0.